The Labute approximate surface area is 134 Å². The third-order valence-corrected chi connectivity index (χ3v) is 4.34. The zero-order valence-electron chi connectivity index (χ0n) is 13.1. The van der Waals surface area contributed by atoms with E-state index < -0.39 is 5.91 Å². The van der Waals surface area contributed by atoms with Crippen LogP contribution in [0.25, 0.3) is 0 Å². The monoisotopic (exact) mass is 312 g/mol. The average molecular weight is 312 g/mol. The Hall–Kier alpha value is -2.63. The number of primary amides is 1. The maximum atomic E-state index is 12.5. The number of likely N-dealkylation sites (tertiary alicyclic amines) is 1. The van der Waals surface area contributed by atoms with Crippen LogP contribution in [0.4, 0.5) is 0 Å². The summed E-state index contributed by atoms with van der Waals surface area (Å²) in [5.74, 6) is -0.0393. The Bertz CT molecular complexity index is 738. The molecule has 0 radical (unpaired) electrons. The number of amides is 2. The van der Waals surface area contributed by atoms with Crippen molar-refractivity contribution >= 4 is 11.8 Å². The summed E-state index contributed by atoms with van der Waals surface area (Å²) >= 11 is 0. The minimum absolute atomic E-state index is 0.0165. The minimum atomic E-state index is -0.413. The molecule has 0 bridgehead atoms. The molecule has 120 valence electrons. The van der Waals surface area contributed by atoms with Crippen LogP contribution in [-0.2, 0) is 6.42 Å². The molecule has 6 heteroatoms. The van der Waals surface area contributed by atoms with Gasteiger partial charge in [-0.05, 0) is 43.4 Å². The molecule has 3 N–H and O–H groups in total. The highest BCUT2D eigenvalue weighted by Crippen LogP contribution is 2.23. The van der Waals surface area contributed by atoms with Crippen LogP contribution in [0, 0.1) is 12.8 Å². The standard InChI is InChI=1S/C17H20N4O2/c1-11-15(20-10-19-11)17(23)21-6-5-13(9-21)7-12-3-2-4-14(8-12)16(18)22/h2-4,8,10,13H,5-7,9H2,1H3,(H2,18,22)(H,19,20)/t13-/m0/s1. The zero-order chi connectivity index (χ0) is 16.4. The van der Waals surface area contributed by atoms with Gasteiger partial charge in [0.05, 0.1) is 6.33 Å². The summed E-state index contributed by atoms with van der Waals surface area (Å²) in [6, 6.07) is 7.40. The van der Waals surface area contributed by atoms with E-state index in [1.807, 2.05) is 30.0 Å². The van der Waals surface area contributed by atoms with E-state index in [2.05, 4.69) is 9.97 Å². The number of hydrogen-bond donors (Lipinski definition) is 2. The van der Waals surface area contributed by atoms with Gasteiger partial charge < -0.3 is 15.6 Å². The number of carbonyl (C=O) groups excluding carboxylic acids is 2. The van der Waals surface area contributed by atoms with Gasteiger partial charge in [0, 0.05) is 24.3 Å². The van der Waals surface area contributed by atoms with Gasteiger partial charge in [0.25, 0.3) is 5.91 Å². The Morgan fingerprint density at radius 3 is 2.96 bits per heavy atom. The lowest BCUT2D eigenvalue weighted by Gasteiger charge is -2.16. The number of carbonyl (C=O) groups is 2. The predicted octanol–water partition coefficient (Wildman–Crippen LogP) is 1.52. The highest BCUT2D eigenvalue weighted by Gasteiger charge is 2.28. The van der Waals surface area contributed by atoms with E-state index >= 15 is 0 Å². The fourth-order valence-electron chi connectivity index (χ4n) is 3.09. The molecule has 0 aliphatic carbocycles. The lowest BCUT2D eigenvalue weighted by Crippen LogP contribution is -2.29. The van der Waals surface area contributed by atoms with Gasteiger partial charge in [0.1, 0.15) is 5.69 Å². The van der Waals surface area contributed by atoms with E-state index in [9.17, 15) is 9.59 Å². The second kappa shape index (κ2) is 6.24. The van der Waals surface area contributed by atoms with Crippen LogP contribution < -0.4 is 5.73 Å². The highest BCUT2D eigenvalue weighted by molar-refractivity contribution is 5.93. The van der Waals surface area contributed by atoms with Crippen molar-refractivity contribution in [3.63, 3.8) is 0 Å². The van der Waals surface area contributed by atoms with E-state index in [1.54, 1.807) is 12.4 Å². The fraction of sp³-hybridized carbons (Fsp3) is 0.353. The van der Waals surface area contributed by atoms with Crippen LogP contribution in [0.3, 0.4) is 0 Å². The molecule has 23 heavy (non-hydrogen) atoms. The molecule has 1 fully saturated rings. The topological polar surface area (TPSA) is 92.1 Å². The molecule has 1 saturated heterocycles. The molecule has 0 unspecified atom stereocenters. The van der Waals surface area contributed by atoms with E-state index in [-0.39, 0.29) is 5.91 Å². The first-order valence-corrected chi connectivity index (χ1v) is 7.72. The Morgan fingerprint density at radius 1 is 1.43 bits per heavy atom. The number of benzene rings is 1. The Morgan fingerprint density at radius 2 is 2.26 bits per heavy atom. The molecular formula is C17H20N4O2. The fourth-order valence-corrected chi connectivity index (χ4v) is 3.09. The summed E-state index contributed by atoms with van der Waals surface area (Å²) in [5.41, 5.74) is 8.23. The second-order valence-electron chi connectivity index (χ2n) is 6.05. The summed E-state index contributed by atoms with van der Waals surface area (Å²) in [6.07, 6.45) is 3.34. The number of nitrogens with one attached hydrogen (secondary N) is 1. The summed E-state index contributed by atoms with van der Waals surface area (Å²) in [5, 5.41) is 0. The van der Waals surface area contributed by atoms with E-state index in [1.165, 1.54) is 0 Å². The molecule has 1 aliphatic rings. The summed E-state index contributed by atoms with van der Waals surface area (Å²) in [6.45, 7) is 3.31. The number of nitrogens with zero attached hydrogens (tertiary/aromatic N) is 2. The van der Waals surface area contributed by atoms with E-state index in [4.69, 9.17) is 5.73 Å². The maximum absolute atomic E-state index is 12.5. The number of H-pyrrole nitrogens is 1. The first-order chi connectivity index (χ1) is 11.0. The van der Waals surface area contributed by atoms with Crippen LogP contribution in [0.2, 0.25) is 0 Å². The number of aromatic nitrogens is 2. The van der Waals surface area contributed by atoms with Crippen molar-refractivity contribution in [3.05, 3.63) is 53.1 Å². The lowest BCUT2D eigenvalue weighted by atomic mass is 9.97. The van der Waals surface area contributed by atoms with Crippen LogP contribution in [-0.4, -0.2) is 39.8 Å². The second-order valence-corrected chi connectivity index (χ2v) is 6.05. The van der Waals surface area contributed by atoms with Crippen LogP contribution in [0.1, 0.15) is 38.5 Å². The molecule has 1 atom stereocenters. The molecular weight excluding hydrogens is 292 g/mol. The summed E-state index contributed by atoms with van der Waals surface area (Å²) in [7, 11) is 0. The van der Waals surface area contributed by atoms with Gasteiger partial charge in [0.15, 0.2) is 0 Å². The number of rotatable bonds is 4. The number of aryl methyl sites for hydroxylation is 1. The normalized spacial score (nSPS) is 17.4. The van der Waals surface area contributed by atoms with Gasteiger partial charge in [0.2, 0.25) is 5.91 Å². The van der Waals surface area contributed by atoms with Gasteiger partial charge in [-0.3, -0.25) is 9.59 Å². The minimum Gasteiger partial charge on any atom is -0.366 e. The first-order valence-electron chi connectivity index (χ1n) is 7.72. The summed E-state index contributed by atoms with van der Waals surface area (Å²) < 4.78 is 0. The maximum Gasteiger partial charge on any atom is 0.274 e. The quantitative estimate of drug-likeness (QED) is 0.896. The molecule has 2 aromatic rings. The molecule has 6 nitrogen and oxygen atoms in total. The predicted molar refractivity (Wildman–Crippen MR) is 86.0 cm³/mol. The molecule has 0 saturated carbocycles. The molecule has 2 heterocycles. The van der Waals surface area contributed by atoms with Crippen molar-refractivity contribution in [2.45, 2.75) is 19.8 Å². The first kappa shape index (κ1) is 15.3. The van der Waals surface area contributed by atoms with Crippen molar-refractivity contribution in [1.82, 2.24) is 14.9 Å². The molecule has 0 spiro atoms. The van der Waals surface area contributed by atoms with Crippen molar-refractivity contribution in [1.29, 1.82) is 0 Å². The highest BCUT2D eigenvalue weighted by atomic mass is 16.2. The van der Waals surface area contributed by atoms with Gasteiger partial charge in [-0.1, -0.05) is 12.1 Å². The van der Waals surface area contributed by atoms with Gasteiger partial charge >= 0.3 is 0 Å². The van der Waals surface area contributed by atoms with Gasteiger partial charge in [-0.25, -0.2) is 4.98 Å². The van der Waals surface area contributed by atoms with Crippen molar-refractivity contribution < 1.29 is 9.59 Å². The number of aromatic amines is 1. The lowest BCUT2D eigenvalue weighted by molar-refractivity contribution is 0.0781. The molecule has 1 aromatic heterocycles. The molecule has 1 aromatic carbocycles. The van der Waals surface area contributed by atoms with Crippen LogP contribution >= 0.6 is 0 Å². The summed E-state index contributed by atoms with van der Waals surface area (Å²) in [4.78, 5) is 32.6. The van der Waals surface area contributed by atoms with Gasteiger partial charge in [-0.15, -0.1) is 0 Å². The molecule has 3 rings (SSSR count). The molecule has 2 amide bonds. The third kappa shape index (κ3) is 3.26. The number of hydrogen-bond acceptors (Lipinski definition) is 3. The zero-order valence-corrected chi connectivity index (χ0v) is 13.1. The largest absolute Gasteiger partial charge is 0.366 e. The number of nitrogens with two attached hydrogens (primary N) is 1. The van der Waals surface area contributed by atoms with Crippen molar-refractivity contribution in [2.75, 3.05) is 13.1 Å². The van der Waals surface area contributed by atoms with E-state index in [0.29, 0.717) is 23.7 Å². The van der Waals surface area contributed by atoms with Crippen molar-refractivity contribution in [2.24, 2.45) is 11.7 Å². The van der Waals surface area contributed by atoms with Gasteiger partial charge in [-0.2, -0.15) is 0 Å². The Balaban J connectivity index is 1.64. The Kier molecular flexibility index (Phi) is 4.14. The molecule has 1 aliphatic heterocycles. The smallest absolute Gasteiger partial charge is 0.274 e. The number of imidazole rings is 1. The van der Waals surface area contributed by atoms with E-state index in [0.717, 1.165) is 30.6 Å². The SMILES string of the molecule is Cc1[nH]cnc1C(=O)N1CC[C@@H](Cc2cccc(C(N)=O)c2)C1. The van der Waals surface area contributed by atoms with Crippen LogP contribution in [0.15, 0.2) is 30.6 Å². The van der Waals surface area contributed by atoms with Crippen molar-refractivity contribution in [3.8, 4) is 0 Å². The third-order valence-electron chi connectivity index (χ3n) is 4.34. The average Bonchev–Trinajstić information content (AvgIpc) is 3.16. The van der Waals surface area contributed by atoms with Crippen LogP contribution in [0.5, 0.6) is 0 Å².